The van der Waals surface area contributed by atoms with Gasteiger partial charge in [0, 0.05) is 12.9 Å². The monoisotopic (exact) mass is 223 g/mol. The van der Waals surface area contributed by atoms with E-state index >= 15 is 0 Å². The number of unbranched alkanes of at least 4 members (excludes halogenated alkanes) is 1. The number of terminal acetylenes is 1. The molecule has 0 aliphatic heterocycles. The SMILES string of the molecule is C#CCN(C)S(=O)(=O)CCCCCl. The van der Waals surface area contributed by atoms with Crippen molar-refractivity contribution in [3.63, 3.8) is 0 Å². The molecule has 0 radical (unpaired) electrons. The highest BCUT2D eigenvalue weighted by Crippen LogP contribution is 2.02. The molecule has 0 amide bonds. The van der Waals surface area contributed by atoms with Gasteiger partial charge in [-0.25, -0.2) is 8.42 Å². The zero-order chi connectivity index (χ0) is 10.3. The van der Waals surface area contributed by atoms with Crippen LogP contribution in [0.2, 0.25) is 0 Å². The van der Waals surface area contributed by atoms with Crippen molar-refractivity contribution >= 4 is 21.6 Å². The second kappa shape index (κ2) is 6.25. The van der Waals surface area contributed by atoms with Gasteiger partial charge in [-0.05, 0) is 12.8 Å². The topological polar surface area (TPSA) is 37.4 Å². The van der Waals surface area contributed by atoms with Gasteiger partial charge in [-0.2, -0.15) is 4.31 Å². The molecule has 76 valence electrons. The van der Waals surface area contributed by atoms with Crippen LogP contribution in [0.15, 0.2) is 0 Å². The van der Waals surface area contributed by atoms with Gasteiger partial charge in [0.15, 0.2) is 0 Å². The Hall–Kier alpha value is -0.240. The van der Waals surface area contributed by atoms with Gasteiger partial charge in [0.2, 0.25) is 10.0 Å². The van der Waals surface area contributed by atoms with Crippen molar-refractivity contribution in [2.45, 2.75) is 12.8 Å². The van der Waals surface area contributed by atoms with Crippen LogP contribution in [0, 0.1) is 12.3 Å². The molecule has 0 aromatic carbocycles. The predicted molar refractivity (Wildman–Crippen MR) is 55.2 cm³/mol. The number of sulfonamides is 1. The summed E-state index contributed by atoms with van der Waals surface area (Å²) >= 11 is 5.43. The van der Waals surface area contributed by atoms with E-state index in [1.807, 2.05) is 0 Å². The predicted octanol–water partition coefficient (Wildman–Crippen LogP) is 0.900. The molecule has 5 heteroatoms. The van der Waals surface area contributed by atoms with Gasteiger partial charge in [-0.3, -0.25) is 0 Å². The van der Waals surface area contributed by atoms with Gasteiger partial charge in [-0.1, -0.05) is 5.92 Å². The normalized spacial score (nSPS) is 11.5. The van der Waals surface area contributed by atoms with Crippen LogP contribution >= 0.6 is 11.6 Å². The Kier molecular flexibility index (Phi) is 6.13. The molecule has 0 spiro atoms. The maximum Gasteiger partial charge on any atom is 0.214 e. The van der Waals surface area contributed by atoms with Gasteiger partial charge in [0.05, 0.1) is 12.3 Å². The van der Waals surface area contributed by atoms with Gasteiger partial charge in [-0.15, -0.1) is 18.0 Å². The summed E-state index contributed by atoms with van der Waals surface area (Å²) in [5.74, 6) is 2.90. The standard InChI is InChI=1S/C8H14ClNO2S/c1-3-7-10(2)13(11,12)8-5-4-6-9/h1H,4-8H2,2H3. The Labute approximate surface area is 85.1 Å². The van der Waals surface area contributed by atoms with Crippen LogP contribution in [-0.2, 0) is 10.0 Å². The van der Waals surface area contributed by atoms with Gasteiger partial charge in [0.1, 0.15) is 0 Å². The lowest BCUT2D eigenvalue weighted by Crippen LogP contribution is -2.29. The van der Waals surface area contributed by atoms with E-state index in [0.29, 0.717) is 18.7 Å². The fourth-order valence-corrected chi connectivity index (χ4v) is 2.10. The van der Waals surface area contributed by atoms with Crippen LogP contribution in [0.25, 0.3) is 0 Å². The summed E-state index contributed by atoms with van der Waals surface area (Å²) in [5, 5.41) is 0. The van der Waals surface area contributed by atoms with Crippen molar-refractivity contribution in [3.05, 3.63) is 0 Å². The maximum atomic E-state index is 11.4. The number of nitrogens with zero attached hydrogens (tertiary/aromatic N) is 1. The van der Waals surface area contributed by atoms with Crippen molar-refractivity contribution in [1.82, 2.24) is 4.31 Å². The lowest BCUT2D eigenvalue weighted by Gasteiger charge is -2.13. The summed E-state index contributed by atoms with van der Waals surface area (Å²) < 4.78 is 23.9. The van der Waals surface area contributed by atoms with E-state index in [4.69, 9.17) is 18.0 Å². The maximum absolute atomic E-state index is 11.4. The second-order valence-electron chi connectivity index (χ2n) is 2.67. The minimum absolute atomic E-state index is 0.123. The van der Waals surface area contributed by atoms with Crippen LogP contribution in [0.5, 0.6) is 0 Å². The molecule has 0 N–H and O–H groups in total. The van der Waals surface area contributed by atoms with E-state index in [2.05, 4.69) is 5.92 Å². The van der Waals surface area contributed by atoms with E-state index in [-0.39, 0.29) is 12.3 Å². The Morgan fingerprint density at radius 1 is 1.46 bits per heavy atom. The molecule has 0 atom stereocenters. The molecule has 0 bridgehead atoms. The lowest BCUT2D eigenvalue weighted by atomic mass is 10.4. The molecule has 3 nitrogen and oxygen atoms in total. The molecule has 0 aromatic heterocycles. The lowest BCUT2D eigenvalue weighted by molar-refractivity contribution is 0.500. The van der Waals surface area contributed by atoms with E-state index < -0.39 is 10.0 Å². The van der Waals surface area contributed by atoms with Crippen molar-refractivity contribution in [2.24, 2.45) is 0 Å². The Balaban J connectivity index is 4.01. The van der Waals surface area contributed by atoms with E-state index in [1.54, 1.807) is 0 Å². The number of alkyl halides is 1. The van der Waals surface area contributed by atoms with Crippen LogP contribution in [0.4, 0.5) is 0 Å². The van der Waals surface area contributed by atoms with E-state index in [9.17, 15) is 8.42 Å². The molecule has 0 aliphatic carbocycles. The highest BCUT2D eigenvalue weighted by atomic mass is 35.5. The first-order chi connectivity index (χ1) is 6.04. The highest BCUT2D eigenvalue weighted by molar-refractivity contribution is 7.89. The summed E-state index contributed by atoms with van der Waals surface area (Å²) in [7, 11) is -1.68. The quantitative estimate of drug-likeness (QED) is 0.381. The molecular weight excluding hydrogens is 210 g/mol. The molecule has 0 aliphatic rings. The number of rotatable bonds is 6. The Morgan fingerprint density at radius 3 is 2.54 bits per heavy atom. The third kappa shape index (κ3) is 5.14. The van der Waals surface area contributed by atoms with Crippen LogP contribution in [-0.4, -0.2) is 37.9 Å². The van der Waals surface area contributed by atoms with Gasteiger partial charge < -0.3 is 0 Å². The number of hydrogen-bond donors (Lipinski definition) is 0. The number of halogens is 1. The summed E-state index contributed by atoms with van der Waals surface area (Å²) in [6.07, 6.45) is 6.30. The smallest absolute Gasteiger partial charge is 0.212 e. The summed E-state index contributed by atoms with van der Waals surface area (Å²) in [5.41, 5.74) is 0. The van der Waals surface area contributed by atoms with Crippen molar-refractivity contribution < 1.29 is 8.42 Å². The highest BCUT2D eigenvalue weighted by Gasteiger charge is 2.15. The van der Waals surface area contributed by atoms with Gasteiger partial charge >= 0.3 is 0 Å². The molecule has 0 saturated carbocycles. The summed E-state index contributed by atoms with van der Waals surface area (Å²) in [6.45, 7) is 0.128. The van der Waals surface area contributed by atoms with Crippen LogP contribution in [0.1, 0.15) is 12.8 Å². The van der Waals surface area contributed by atoms with E-state index in [0.717, 1.165) is 0 Å². The first-order valence-corrected chi connectivity index (χ1v) is 6.12. The molecule has 0 saturated heterocycles. The van der Waals surface area contributed by atoms with Crippen LogP contribution < -0.4 is 0 Å². The average Bonchev–Trinajstić information content (AvgIpc) is 2.05. The van der Waals surface area contributed by atoms with E-state index in [1.165, 1.54) is 11.4 Å². The van der Waals surface area contributed by atoms with Crippen molar-refractivity contribution in [1.29, 1.82) is 0 Å². The van der Waals surface area contributed by atoms with Crippen LogP contribution in [0.3, 0.4) is 0 Å². The molecule has 13 heavy (non-hydrogen) atoms. The third-order valence-electron chi connectivity index (χ3n) is 1.57. The molecule has 0 rings (SSSR count). The Bertz CT molecular complexity index is 268. The number of hydrogen-bond acceptors (Lipinski definition) is 2. The average molecular weight is 224 g/mol. The molecule has 0 heterocycles. The molecular formula is C8H14ClNO2S. The van der Waals surface area contributed by atoms with Crippen molar-refractivity contribution in [3.8, 4) is 12.3 Å². The fourth-order valence-electron chi connectivity index (χ4n) is 0.762. The third-order valence-corrected chi connectivity index (χ3v) is 3.73. The summed E-state index contributed by atoms with van der Waals surface area (Å²) in [6, 6.07) is 0. The minimum atomic E-state index is -3.16. The first-order valence-electron chi connectivity index (χ1n) is 3.98. The largest absolute Gasteiger partial charge is 0.214 e. The molecule has 0 aromatic rings. The second-order valence-corrected chi connectivity index (χ2v) is 5.25. The van der Waals surface area contributed by atoms with Gasteiger partial charge in [0.25, 0.3) is 0 Å². The van der Waals surface area contributed by atoms with Crippen molar-refractivity contribution in [2.75, 3.05) is 25.2 Å². The Morgan fingerprint density at radius 2 is 2.08 bits per heavy atom. The zero-order valence-corrected chi connectivity index (χ0v) is 9.24. The first kappa shape index (κ1) is 12.8. The summed E-state index contributed by atoms with van der Waals surface area (Å²) in [4.78, 5) is 0. The minimum Gasteiger partial charge on any atom is -0.212 e. The fraction of sp³-hybridized carbons (Fsp3) is 0.750. The molecule has 0 fully saturated rings. The zero-order valence-electron chi connectivity index (χ0n) is 7.66. The molecule has 0 unspecified atom stereocenters.